The van der Waals surface area contributed by atoms with Gasteiger partial charge in [0.25, 0.3) is 0 Å². The first-order valence-corrected chi connectivity index (χ1v) is 9.23. The van der Waals surface area contributed by atoms with Gasteiger partial charge < -0.3 is 10.2 Å². The molecule has 0 radical (unpaired) electrons. The summed E-state index contributed by atoms with van der Waals surface area (Å²) >= 11 is 0. The maximum absolute atomic E-state index is 11.8. The number of rotatable bonds is 0. The summed E-state index contributed by atoms with van der Waals surface area (Å²) in [5, 5.41) is 22.4. The minimum absolute atomic E-state index is 0.0131. The van der Waals surface area contributed by atoms with Gasteiger partial charge in [0.1, 0.15) is 5.60 Å². The topological polar surface area (TPSA) is 57.5 Å². The van der Waals surface area contributed by atoms with E-state index in [9.17, 15) is 15.0 Å². The minimum Gasteiger partial charge on any atom is -0.393 e. The third-order valence-corrected chi connectivity index (χ3v) is 7.54. The summed E-state index contributed by atoms with van der Waals surface area (Å²) in [5.41, 5.74) is -0.773. The van der Waals surface area contributed by atoms with E-state index in [0.29, 0.717) is 12.8 Å². The highest BCUT2D eigenvalue weighted by atomic mass is 16.3. The van der Waals surface area contributed by atoms with Crippen molar-refractivity contribution in [3.63, 3.8) is 0 Å². The molecule has 7 atom stereocenters. The van der Waals surface area contributed by atoms with Crippen molar-refractivity contribution < 1.29 is 15.0 Å². The Labute approximate surface area is 149 Å². The summed E-state index contributed by atoms with van der Waals surface area (Å²) in [6, 6.07) is 0. The van der Waals surface area contributed by atoms with E-state index in [0.717, 1.165) is 12.0 Å². The van der Waals surface area contributed by atoms with Crippen LogP contribution < -0.4 is 0 Å². The quantitative estimate of drug-likeness (QED) is 0.668. The number of hydrogen-bond donors (Lipinski definition) is 2. The summed E-state index contributed by atoms with van der Waals surface area (Å²) in [5.74, 6) is 6.45. The normalized spacial score (nSPS) is 50.3. The molecule has 0 aromatic heterocycles. The molecule has 0 saturated heterocycles. The van der Waals surface area contributed by atoms with Crippen LogP contribution in [-0.4, -0.2) is 27.7 Å². The first-order valence-electron chi connectivity index (χ1n) is 9.23. The Morgan fingerprint density at radius 3 is 2.76 bits per heavy atom. The average Bonchev–Trinajstić information content (AvgIpc) is 2.79. The second-order valence-electron chi connectivity index (χ2n) is 8.65. The van der Waals surface area contributed by atoms with Crippen LogP contribution in [-0.2, 0) is 4.79 Å². The fraction of sp³-hybridized carbons (Fsp3) is 0.591. The number of carbonyl (C=O) groups is 1. The number of carbonyl (C=O) groups excluding carboxylic acids is 1. The standard InChI is InChI=1S/C22H26O3/c1-4-9-22(25)11-8-17-16-6-5-14-12-15(23)7-10-20(14,2)19(16)18(24)13-21(17,22)3/h5-7,10,12,16-19,24-25H,8,11,13H2,1-3H3/t16-,17-,18-,19+,20-,21-,22-/m0/s1. The van der Waals surface area contributed by atoms with Gasteiger partial charge in [-0.25, -0.2) is 0 Å². The highest BCUT2D eigenvalue weighted by molar-refractivity contribution is 6.01. The van der Waals surface area contributed by atoms with E-state index in [2.05, 4.69) is 37.8 Å². The van der Waals surface area contributed by atoms with Crippen molar-refractivity contribution in [2.75, 3.05) is 0 Å². The summed E-state index contributed by atoms with van der Waals surface area (Å²) < 4.78 is 0. The summed E-state index contributed by atoms with van der Waals surface area (Å²) in [6.45, 7) is 5.98. The minimum atomic E-state index is -1.03. The molecule has 3 nitrogen and oxygen atoms in total. The van der Waals surface area contributed by atoms with E-state index in [4.69, 9.17) is 0 Å². The van der Waals surface area contributed by atoms with Gasteiger partial charge in [0.05, 0.1) is 6.10 Å². The van der Waals surface area contributed by atoms with Crippen LogP contribution in [0, 0.1) is 40.4 Å². The fourth-order valence-electron chi connectivity index (χ4n) is 6.20. The maximum atomic E-state index is 11.8. The Balaban J connectivity index is 1.81. The molecule has 2 saturated carbocycles. The highest BCUT2D eigenvalue weighted by Gasteiger charge is 2.65. The van der Waals surface area contributed by atoms with E-state index in [-0.39, 0.29) is 29.0 Å². The van der Waals surface area contributed by atoms with Gasteiger partial charge in [0.15, 0.2) is 5.78 Å². The lowest BCUT2D eigenvalue weighted by atomic mass is 9.48. The number of allylic oxidation sites excluding steroid dienone is 6. The molecule has 25 heavy (non-hydrogen) atoms. The van der Waals surface area contributed by atoms with Crippen molar-refractivity contribution in [2.24, 2.45) is 28.6 Å². The van der Waals surface area contributed by atoms with E-state index in [1.54, 1.807) is 19.1 Å². The Hall–Kier alpha value is -1.63. The zero-order valence-electron chi connectivity index (χ0n) is 15.1. The lowest BCUT2D eigenvalue weighted by Crippen LogP contribution is -2.58. The van der Waals surface area contributed by atoms with Gasteiger partial charge in [-0.2, -0.15) is 0 Å². The summed E-state index contributed by atoms with van der Waals surface area (Å²) in [4.78, 5) is 11.8. The third-order valence-electron chi connectivity index (χ3n) is 7.54. The van der Waals surface area contributed by atoms with E-state index in [1.807, 2.05) is 6.08 Å². The van der Waals surface area contributed by atoms with Crippen molar-refractivity contribution in [3.8, 4) is 11.8 Å². The van der Waals surface area contributed by atoms with E-state index >= 15 is 0 Å². The first kappa shape index (κ1) is 16.8. The molecule has 2 fully saturated rings. The maximum Gasteiger partial charge on any atom is 0.178 e. The number of hydrogen-bond acceptors (Lipinski definition) is 3. The smallest absolute Gasteiger partial charge is 0.178 e. The fourth-order valence-corrected chi connectivity index (χ4v) is 6.20. The van der Waals surface area contributed by atoms with Crippen LogP contribution in [0.15, 0.2) is 36.0 Å². The van der Waals surface area contributed by atoms with Crippen LogP contribution in [0.25, 0.3) is 0 Å². The molecule has 0 spiro atoms. The van der Waals surface area contributed by atoms with Gasteiger partial charge in [-0.3, -0.25) is 4.79 Å². The van der Waals surface area contributed by atoms with Gasteiger partial charge in [0, 0.05) is 16.7 Å². The zero-order chi connectivity index (χ0) is 18.0. The van der Waals surface area contributed by atoms with Crippen molar-refractivity contribution in [2.45, 2.75) is 51.7 Å². The van der Waals surface area contributed by atoms with Crippen LogP contribution in [0.4, 0.5) is 0 Å². The van der Waals surface area contributed by atoms with Crippen molar-refractivity contribution in [3.05, 3.63) is 36.0 Å². The monoisotopic (exact) mass is 338 g/mol. The number of aliphatic hydroxyl groups is 2. The molecular formula is C22H26O3. The third kappa shape index (κ3) is 2.05. The van der Waals surface area contributed by atoms with Gasteiger partial charge in [-0.15, -0.1) is 5.92 Å². The van der Waals surface area contributed by atoms with Crippen LogP contribution >= 0.6 is 0 Å². The second kappa shape index (κ2) is 5.19. The molecule has 4 rings (SSSR count). The average molecular weight is 338 g/mol. The molecule has 0 amide bonds. The van der Waals surface area contributed by atoms with Gasteiger partial charge in [-0.05, 0) is 55.7 Å². The van der Waals surface area contributed by atoms with Crippen LogP contribution in [0.1, 0.15) is 40.0 Å². The first-order chi connectivity index (χ1) is 11.7. The van der Waals surface area contributed by atoms with Gasteiger partial charge in [0.2, 0.25) is 0 Å². The number of ketones is 1. The molecule has 0 bridgehead atoms. The molecule has 4 aliphatic carbocycles. The zero-order valence-corrected chi connectivity index (χ0v) is 15.1. The molecule has 0 unspecified atom stereocenters. The molecular weight excluding hydrogens is 312 g/mol. The van der Waals surface area contributed by atoms with E-state index < -0.39 is 17.1 Å². The molecule has 132 valence electrons. The van der Waals surface area contributed by atoms with Crippen molar-refractivity contribution in [1.82, 2.24) is 0 Å². The van der Waals surface area contributed by atoms with Crippen molar-refractivity contribution in [1.29, 1.82) is 0 Å². The largest absolute Gasteiger partial charge is 0.393 e. The van der Waals surface area contributed by atoms with Gasteiger partial charge in [-0.1, -0.05) is 38.0 Å². The summed E-state index contributed by atoms with van der Waals surface area (Å²) in [6.07, 6.45) is 11.1. The molecule has 0 aromatic rings. The lowest BCUT2D eigenvalue weighted by Gasteiger charge is -2.57. The molecule has 4 aliphatic rings. The Kier molecular flexibility index (Phi) is 3.49. The van der Waals surface area contributed by atoms with Crippen LogP contribution in [0.3, 0.4) is 0 Å². The van der Waals surface area contributed by atoms with Crippen LogP contribution in [0.5, 0.6) is 0 Å². The van der Waals surface area contributed by atoms with E-state index in [1.165, 1.54) is 0 Å². The Morgan fingerprint density at radius 2 is 2.04 bits per heavy atom. The Morgan fingerprint density at radius 1 is 1.28 bits per heavy atom. The van der Waals surface area contributed by atoms with Crippen molar-refractivity contribution >= 4 is 5.78 Å². The number of aliphatic hydroxyl groups excluding tert-OH is 1. The SMILES string of the molecule is CC#C[C@]1(O)CC[C@H]2[C@@H]3C=CC4=CC(=O)C=C[C@]4(C)[C@H]3[C@@H](O)C[C@@]21C. The molecule has 0 aromatic carbocycles. The highest BCUT2D eigenvalue weighted by Crippen LogP contribution is 2.65. The number of fused-ring (bicyclic) bond motifs is 5. The second-order valence-corrected chi connectivity index (χ2v) is 8.65. The molecule has 0 heterocycles. The molecule has 2 N–H and O–H groups in total. The predicted molar refractivity (Wildman–Crippen MR) is 96.3 cm³/mol. The molecule has 0 aliphatic heterocycles. The van der Waals surface area contributed by atoms with Gasteiger partial charge >= 0.3 is 0 Å². The summed E-state index contributed by atoms with van der Waals surface area (Å²) in [7, 11) is 0. The predicted octanol–water partition coefficient (Wildman–Crippen LogP) is 2.80. The molecule has 3 heteroatoms. The lowest BCUT2D eigenvalue weighted by molar-refractivity contribution is -0.129. The van der Waals surface area contributed by atoms with Crippen LogP contribution in [0.2, 0.25) is 0 Å². The Bertz CT molecular complexity index is 779.